The molecule has 5 nitrogen and oxygen atoms in total. The van der Waals surface area contributed by atoms with Gasteiger partial charge in [-0.1, -0.05) is 85.3 Å². The zero-order valence-corrected chi connectivity index (χ0v) is 22.6. The Morgan fingerprint density at radius 2 is 1.59 bits per heavy atom. The summed E-state index contributed by atoms with van der Waals surface area (Å²) in [4.78, 5) is 13.1. The quantitative estimate of drug-likeness (QED) is 0.182. The van der Waals surface area contributed by atoms with Crippen molar-refractivity contribution in [3.05, 3.63) is 120 Å². The van der Waals surface area contributed by atoms with E-state index in [1.165, 1.54) is 47.6 Å². The summed E-state index contributed by atoms with van der Waals surface area (Å²) >= 11 is 0. The molecule has 3 aromatic carbocycles. The van der Waals surface area contributed by atoms with Gasteiger partial charge >= 0.3 is 5.97 Å². The zero-order valence-electron chi connectivity index (χ0n) is 22.6. The van der Waals surface area contributed by atoms with Crippen LogP contribution in [0.15, 0.2) is 97.3 Å². The van der Waals surface area contributed by atoms with Gasteiger partial charge in [-0.05, 0) is 77.9 Å². The van der Waals surface area contributed by atoms with E-state index in [1.807, 2.05) is 23.0 Å². The fourth-order valence-corrected chi connectivity index (χ4v) is 5.07. The number of hydrogen-bond donors (Lipinski definition) is 1. The molecule has 1 saturated carbocycles. The van der Waals surface area contributed by atoms with Crippen LogP contribution in [0.3, 0.4) is 0 Å². The van der Waals surface area contributed by atoms with Crippen molar-refractivity contribution >= 4 is 23.2 Å². The first-order chi connectivity index (χ1) is 19.0. The predicted octanol–water partition coefficient (Wildman–Crippen LogP) is 6.97. The number of allylic oxidation sites excluding steroid dienone is 1. The lowest BCUT2D eigenvalue weighted by atomic mass is 9.73. The molecule has 1 fully saturated rings. The summed E-state index contributed by atoms with van der Waals surface area (Å²) in [5.41, 5.74) is 9.34. The number of nitrogens with zero attached hydrogens (tertiary/aromatic N) is 3. The number of hydrogen-bond acceptors (Lipinski definition) is 3. The summed E-state index contributed by atoms with van der Waals surface area (Å²) < 4.78 is 2.00. The van der Waals surface area contributed by atoms with Gasteiger partial charge in [0.05, 0.1) is 12.7 Å². The van der Waals surface area contributed by atoms with Gasteiger partial charge in [-0.2, -0.15) is 5.10 Å². The first-order valence-electron chi connectivity index (χ1n) is 13.6. The van der Waals surface area contributed by atoms with Crippen molar-refractivity contribution in [2.75, 3.05) is 20.6 Å². The third-order valence-electron chi connectivity index (χ3n) is 7.40. The molecule has 0 radical (unpaired) electrons. The second-order valence-electron chi connectivity index (χ2n) is 10.4. The van der Waals surface area contributed by atoms with Crippen molar-refractivity contribution in [3.8, 4) is 11.1 Å². The second-order valence-corrected chi connectivity index (χ2v) is 10.4. The molecule has 0 unspecified atom stereocenters. The molecule has 1 N–H and O–H groups in total. The lowest BCUT2D eigenvalue weighted by molar-refractivity contribution is -0.131. The van der Waals surface area contributed by atoms with Gasteiger partial charge in [-0.25, -0.2) is 4.79 Å². The van der Waals surface area contributed by atoms with Gasteiger partial charge in [0.2, 0.25) is 0 Å². The van der Waals surface area contributed by atoms with E-state index in [-0.39, 0.29) is 0 Å². The summed E-state index contributed by atoms with van der Waals surface area (Å²) in [7, 11) is 4.14. The average Bonchev–Trinajstić information content (AvgIpc) is 3.40. The largest absolute Gasteiger partial charge is 0.478 e. The first-order valence-corrected chi connectivity index (χ1v) is 13.6. The summed E-state index contributed by atoms with van der Waals surface area (Å²) in [6.45, 7) is 1.81. The minimum absolute atomic E-state index is 0.517. The van der Waals surface area contributed by atoms with Crippen LogP contribution < -0.4 is 0 Å². The molecule has 0 atom stereocenters. The molecule has 5 heteroatoms. The molecule has 198 valence electrons. The lowest BCUT2D eigenvalue weighted by Gasteiger charge is -2.31. The van der Waals surface area contributed by atoms with Crippen LogP contribution in [0.1, 0.15) is 41.5 Å². The minimum Gasteiger partial charge on any atom is -0.478 e. The number of carboxylic acids is 1. The Bertz CT molecular complexity index is 1460. The molecule has 1 aliphatic carbocycles. The summed E-state index contributed by atoms with van der Waals surface area (Å²) in [6.07, 6.45) is 10.5. The third-order valence-corrected chi connectivity index (χ3v) is 7.40. The number of aromatic nitrogens is 2. The average molecular weight is 518 g/mol. The first kappa shape index (κ1) is 26.4. The lowest BCUT2D eigenvalue weighted by Crippen LogP contribution is -2.18. The molecule has 5 rings (SSSR count). The van der Waals surface area contributed by atoms with Crippen LogP contribution in [-0.4, -0.2) is 46.4 Å². The van der Waals surface area contributed by atoms with E-state index in [9.17, 15) is 4.79 Å². The maximum atomic E-state index is 11.0. The van der Waals surface area contributed by atoms with E-state index < -0.39 is 5.97 Å². The highest BCUT2D eigenvalue weighted by Crippen LogP contribution is 2.45. The Labute approximate surface area is 230 Å². The molecule has 0 spiro atoms. The SMILES string of the molecule is CN(C)CCn1cc(-c2ccc(/C(=C(/c3ccccc3)C3CCC3)c3ccc(C=CC(=O)O)cc3)cc2)cn1. The molecule has 1 aliphatic rings. The molecule has 4 aromatic rings. The topological polar surface area (TPSA) is 58.4 Å². The van der Waals surface area contributed by atoms with Gasteiger partial charge in [0.25, 0.3) is 0 Å². The second kappa shape index (κ2) is 12.1. The zero-order chi connectivity index (χ0) is 27.2. The van der Waals surface area contributed by atoms with Crippen molar-refractivity contribution in [1.29, 1.82) is 0 Å². The van der Waals surface area contributed by atoms with E-state index in [1.54, 1.807) is 6.08 Å². The van der Waals surface area contributed by atoms with Crippen LogP contribution in [0.25, 0.3) is 28.3 Å². The number of rotatable bonds is 10. The maximum absolute atomic E-state index is 11.0. The molecule has 1 heterocycles. The number of likely N-dealkylation sites (N-methyl/N-ethyl adjacent to an activating group) is 1. The number of benzene rings is 3. The van der Waals surface area contributed by atoms with E-state index in [0.717, 1.165) is 35.3 Å². The fourth-order valence-electron chi connectivity index (χ4n) is 5.07. The Morgan fingerprint density at radius 1 is 0.923 bits per heavy atom. The van der Waals surface area contributed by atoms with Crippen molar-refractivity contribution in [2.45, 2.75) is 25.8 Å². The summed E-state index contributed by atoms with van der Waals surface area (Å²) in [6, 6.07) is 27.8. The van der Waals surface area contributed by atoms with Crippen LogP contribution in [0, 0.1) is 5.92 Å². The highest BCUT2D eigenvalue weighted by molar-refractivity contribution is 6.00. The highest BCUT2D eigenvalue weighted by Gasteiger charge is 2.27. The molecule has 39 heavy (non-hydrogen) atoms. The van der Waals surface area contributed by atoms with Gasteiger partial charge < -0.3 is 10.0 Å². The Balaban J connectivity index is 1.55. The van der Waals surface area contributed by atoms with E-state index in [4.69, 9.17) is 5.11 Å². The number of carbonyl (C=O) groups is 1. The fraction of sp³-hybridized carbons (Fsp3) is 0.235. The Morgan fingerprint density at radius 3 is 2.18 bits per heavy atom. The minimum atomic E-state index is -0.945. The van der Waals surface area contributed by atoms with Crippen molar-refractivity contribution in [1.82, 2.24) is 14.7 Å². The van der Waals surface area contributed by atoms with E-state index >= 15 is 0 Å². The molecular formula is C34H35N3O2. The normalized spacial score (nSPS) is 14.4. The Hall–Kier alpha value is -4.22. The van der Waals surface area contributed by atoms with Crippen LogP contribution in [0.5, 0.6) is 0 Å². The van der Waals surface area contributed by atoms with Crippen LogP contribution in [0.4, 0.5) is 0 Å². The standard InChI is InChI=1S/C34H35N3O2/c1-36(2)21-22-37-24-31(23-35-37)26-16-18-30(19-17-26)34(29-14-11-25(12-15-29)13-20-32(38)39)33(28-9-6-10-28)27-7-4-3-5-8-27/h3-5,7-8,11-20,23-24,28H,6,9-10,21-22H2,1-2H3,(H,38,39)/b20-13?,34-33-. The summed E-state index contributed by atoms with van der Waals surface area (Å²) in [5, 5.41) is 13.6. The van der Waals surface area contributed by atoms with E-state index in [0.29, 0.717) is 5.92 Å². The predicted molar refractivity (Wildman–Crippen MR) is 159 cm³/mol. The molecule has 0 aliphatic heterocycles. The number of aliphatic carboxylic acids is 1. The van der Waals surface area contributed by atoms with Gasteiger partial charge in [-0.3, -0.25) is 4.68 Å². The molecule has 0 saturated heterocycles. The Kier molecular flexibility index (Phi) is 8.18. The number of carboxylic acid groups (broad SMARTS) is 1. The monoisotopic (exact) mass is 517 g/mol. The van der Waals surface area contributed by atoms with Gasteiger partial charge in [0.15, 0.2) is 0 Å². The van der Waals surface area contributed by atoms with Gasteiger partial charge in [0.1, 0.15) is 0 Å². The maximum Gasteiger partial charge on any atom is 0.328 e. The third kappa shape index (κ3) is 6.44. The van der Waals surface area contributed by atoms with Crippen molar-refractivity contribution in [2.24, 2.45) is 5.92 Å². The van der Waals surface area contributed by atoms with Gasteiger partial charge in [-0.15, -0.1) is 0 Å². The molecule has 0 amide bonds. The van der Waals surface area contributed by atoms with Gasteiger partial charge in [0, 0.05) is 24.4 Å². The van der Waals surface area contributed by atoms with Crippen LogP contribution >= 0.6 is 0 Å². The summed E-state index contributed by atoms with van der Waals surface area (Å²) in [5.74, 6) is -0.428. The van der Waals surface area contributed by atoms with Crippen molar-refractivity contribution in [3.63, 3.8) is 0 Å². The van der Waals surface area contributed by atoms with E-state index in [2.05, 4.69) is 97.0 Å². The van der Waals surface area contributed by atoms with Crippen LogP contribution in [-0.2, 0) is 11.3 Å². The molecule has 1 aromatic heterocycles. The highest BCUT2D eigenvalue weighted by atomic mass is 16.4. The smallest absolute Gasteiger partial charge is 0.328 e. The van der Waals surface area contributed by atoms with Crippen LogP contribution in [0.2, 0.25) is 0 Å². The molecular weight excluding hydrogens is 482 g/mol. The molecule has 0 bridgehead atoms. The van der Waals surface area contributed by atoms with Crippen molar-refractivity contribution < 1.29 is 9.90 Å².